The predicted molar refractivity (Wildman–Crippen MR) is 162 cm³/mol. The topological polar surface area (TPSA) is 87.7 Å². The number of rotatable bonds is 12. The fraction of sp³-hybridized carbons (Fsp3) is 0.545. The summed E-state index contributed by atoms with van der Waals surface area (Å²) < 4.78 is 5.50. The zero-order valence-electron chi connectivity index (χ0n) is 25.8. The Morgan fingerprint density at radius 3 is 2.00 bits per heavy atom. The van der Waals surface area contributed by atoms with Gasteiger partial charge in [-0.05, 0) is 82.9 Å². The summed E-state index contributed by atoms with van der Waals surface area (Å²) in [5.41, 5.74) is 1.62. The molecular formula is C33H49N3O4. The monoisotopic (exact) mass is 551 g/mol. The van der Waals surface area contributed by atoms with E-state index in [2.05, 4.69) is 24.5 Å². The number of amides is 3. The number of anilines is 1. The van der Waals surface area contributed by atoms with Crippen LogP contribution in [0.3, 0.4) is 0 Å². The first-order valence-corrected chi connectivity index (χ1v) is 14.4. The molecule has 0 radical (unpaired) electrons. The van der Waals surface area contributed by atoms with Crippen LogP contribution in [-0.4, -0.2) is 40.5 Å². The largest absolute Gasteiger partial charge is 0.444 e. The van der Waals surface area contributed by atoms with Crippen molar-refractivity contribution in [2.75, 3.05) is 5.32 Å². The van der Waals surface area contributed by atoms with Crippen molar-refractivity contribution in [2.45, 2.75) is 105 Å². The van der Waals surface area contributed by atoms with Crippen molar-refractivity contribution in [1.29, 1.82) is 0 Å². The third kappa shape index (κ3) is 10.3. The fourth-order valence-electron chi connectivity index (χ4n) is 4.62. The van der Waals surface area contributed by atoms with E-state index in [1.807, 2.05) is 82.3 Å². The molecule has 3 atom stereocenters. The average Bonchev–Trinajstić information content (AvgIpc) is 2.85. The SMILES string of the molecule is Cc1ccccc1NC(=O)C(c1ccccc1)N(C(=O)C(CC(C)C)NC(=O)OC(C)(C)C)C(C)CCC(C)C. The average molecular weight is 552 g/mol. The van der Waals surface area contributed by atoms with Crippen LogP contribution < -0.4 is 10.6 Å². The normalized spacial score (nSPS) is 13.9. The van der Waals surface area contributed by atoms with Gasteiger partial charge in [0.05, 0.1) is 0 Å². The second kappa shape index (κ2) is 14.9. The molecule has 0 saturated carbocycles. The van der Waals surface area contributed by atoms with Crippen molar-refractivity contribution < 1.29 is 19.1 Å². The van der Waals surface area contributed by atoms with Crippen LogP contribution in [0.2, 0.25) is 0 Å². The van der Waals surface area contributed by atoms with Gasteiger partial charge in [0, 0.05) is 11.7 Å². The molecule has 0 aliphatic carbocycles. The highest BCUT2D eigenvalue weighted by Gasteiger charge is 2.39. The summed E-state index contributed by atoms with van der Waals surface area (Å²) in [7, 11) is 0. The van der Waals surface area contributed by atoms with Crippen LogP contribution in [0.5, 0.6) is 0 Å². The highest BCUT2D eigenvalue weighted by Crippen LogP contribution is 2.30. The van der Waals surface area contributed by atoms with Gasteiger partial charge in [-0.3, -0.25) is 9.59 Å². The first-order valence-electron chi connectivity index (χ1n) is 14.4. The molecule has 40 heavy (non-hydrogen) atoms. The molecule has 0 aromatic heterocycles. The van der Waals surface area contributed by atoms with Crippen molar-refractivity contribution in [2.24, 2.45) is 11.8 Å². The zero-order chi connectivity index (χ0) is 30.0. The Morgan fingerprint density at radius 1 is 0.850 bits per heavy atom. The number of alkyl carbamates (subject to hydrolysis) is 1. The van der Waals surface area contributed by atoms with E-state index in [1.165, 1.54) is 0 Å². The number of hydrogen-bond acceptors (Lipinski definition) is 4. The minimum atomic E-state index is -0.898. The fourth-order valence-corrected chi connectivity index (χ4v) is 4.62. The molecule has 0 saturated heterocycles. The maximum absolute atomic E-state index is 14.5. The molecule has 3 unspecified atom stereocenters. The molecule has 2 N–H and O–H groups in total. The van der Waals surface area contributed by atoms with Crippen LogP contribution in [0.1, 0.15) is 91.8 Å². The molecule has 0 fully saturated rings. The standard InChI is InChI=1S/C33H49N3O4/c1-22(2)19-20-25(6)36(31(38)28(21-23(3)4)35-32(39)40-33(7,8)9)29(26-16-11-10-12-17-26)30(37)34-27-18-14-13-15-24(27)5/h10-18,22-23,25,28-29H,19-21H2,1-9H3,(H,34,37)(H,35,39). The number of hydrogen-bond donors (Lipinski definition) is 2. The van der Waals surface area contributed by atoms with Crippen LogP contribution in [0, 0.1) is 18.8 Å². The molecule has 2 aromatic rings. The van der Waals surface area contributed by atoms with Gasteiger partial charge in [0.25, 0.3) is 5.91 Å². The summed E-state index contributed by atoms with van der Waals surface area (Å²) in [4.78, 5) is 43.1. The Kier molecular flexibility index (Phi) is 12.2. The van der Waals surface area contributed by atoms with E-state index < -0.39 is 23.8 Å². The molecule has 7 nitrogen and oxygen atoms in total. The molecule has 0 aliphatic rings. The van der Waals surface area contributed by atoms with Crippen molar-refractivity contribution in [3.63, 3.8) is 0 Å². The first-order chi connectivity index (χ1) is 18.7. The predicted octanol–water partition coefficient (Wildman–Crippen LogP) is 7.27. The summed E-state index contributed by atoms with van der Waals surface area (Å²) in [5.74, 6) is -0.0511. The van der Waals surface area contributed by atoms with Gasteiger partial charge in [0.1, 0.15) is 17.7 Å². The number of carbonyl (C=O) groups is 3. The number of para-hydroxylation sites is 1. The lowest BCUT2D eigenvalue weighted by Gasteiger charge is -2.39. The molecule has 0 heterocycles. The molecule has 0 aliphatic heterocycles. The highest BCUT2D eigenvalue weighted by molar-refractivity contribution is 5.99. The maximum Gasteiger partial charge on any atom is 0.408 e. The smallest absolute Gasteiger partial charge is 0.408 e. The third-order valence-corrected chi connectivity index (χ3v) is 6.63. The van der Waals surface area contributed by atoms with Crippen LogP contribution >= 0.6 is 0 Å². The van der Waals surface area contributed by atoms with Gasteiger partial charge in [-0.25, -0.2) is 4.79 Å². The lowest BCUT2D eigenvalue weighted by atomic mass is 9.95. The molecule has 3 amide bonds. The zero-order valence-corrected chi connectivity index (χ0v) is 25.8. The van der Waals surface area contributed by atoms with Crippen molar-refractivity contribution in [3.05, 3.63) is 65.7 Å². The van der Waals surface area contributed by atoms with Crippen LogP contribution in [0.25, 0.3) is 0 Å². The van der Waals surface area contributed by atoms with E-state index in [-0.39, 0.29) is 23.8 Å². The van der Waals surface area contributed by atoms with Gasteiger partial charge in [-0.1, -0.05) is 76.2 Å². The van der Waals surface area contributed by atoms with Crippen molar-refractivity contribution in [1.82, 2.24) is 10.2 Å². The molecule has 2 aromatic carbocycles. The summed E-state index contributed by atoms with van der Waals surface area (Å²) in [6.07, 6.45) is 1.36. The number of benzene rings is 2. The lowest BCUT2D eigenvalue weighted by molar-refractivity contribution is -0.144. The Balaban J connectivity index is 2.59. The number of ether oxygens (including phenoxy) is 1. The highest BCUT2D eigenvalue weighted by atomic mass is 16.6. The van der Waals surface area contributed by atoms with Gasteiger partial charge >= 0.3 is 6.09 Å². The molecule has 220 valence electrons. The molecular weight excluding hydrogens is 502 g/mol. The van der Waals surface area contributed by atoms with E-state index in [4.69, 9.17) is 4.74 Å². The van der Waals surface area contributed by atoms with Crippen molar-refractivity contribution >= 4 is 23.6 Å². The first kappa shape index (κ1) is 32.9. The van der Waals surface area contributed by atoms with Gasteiger partial charge in [0.15, 0.2) is 0 Å². The van der Waals surface area contributed by atoms with Gasteiger partial charge in [-0.15, -0.1) is 0 Å². The van der Waals surface area contributed by atoms with Gasteiger partial charge < -0.3 is 20.3 Å². The molecule has 7 heteroatoms. The second-order valence-electron chi connectivity index (χ2n) is 12.5. The lowest BCUT2D eigenvalue weighted by Crippen LogP contribution is -2.55. The minimum Gasteiger partial charge on any atom is -0.444 e. The van der Waals surface area contributed by atoms with Crippen LogP contribution in [0.4, 0.5) is 10.5 Å². The Morgan fingerprint density at radius 2 is 1.45 bits per heavy atom. The summed E-state index contributed by atoms with van der Waals surface area (Å²) in [6.45, 7) is 17.6. The van der Waals surface area contributed by atoms with E-state index in [1.54, 1.807) is 25.7 Å². The quantitative estimate of drug-likeness (QED) is 0.290. The number of nitrogens with zero attached hydrogens (tertiary/aromatic N) is 1. The Hall–Kier alpha value is -3.35. The van der Waals surface area contributed by atoms with E-state index in [0.29, 0.717) is 30.0 Å². The van der Waals surface area contributed by atoms with E-state index >= 15 is 0 Å². The Labute approximate surface area is 241 Å². The van der Waals surface area contributed by atoms with Gasteiger partial charge in [0.2, 0.25) is 5.91 Å². The van der Waals surface area contributed by atoms with Crippen molar-refractivity contribution in [3.8, 4) is 0 Å². The molecule has 2 rings (SSSR count). The van der Waals surface area contributed by atoms with E-state index in [0.717, 1.165) is 12.0 Å². The third-order valence-electron chi connectivity index (χ3n) is 6.63. The number of aryl methyl sites for hydroxylation is 1. The summed E-state index contributed by atoms with van der Waals surface area (Å²) in [6, 6.07) is 14.9. The number of nitrogens with one attached hydrogen (secondary N) is 2. The number of carbonyl (C=O) groups excluding carboxylic acids is 3. The molecule has 0 spiro atoms. The van der Waals surface area contributed by atoms with Crippen LogP contribution in [0.15, 0.2) is 54.6 Å². The second-order valence-corrected chi connectivity index (χ2v) is 12.5. The maximum atomic E-state index is 14.5. The molecule has 0 bridgehead atoms. The van der Waals surface area contributed by atoms with E-state index in [9.17, 15) is 14.4 Å². The summed E-state index contributed by atoms with van der Waals surface area (Å²) in [5, 5.41) is 5.90. The van der Waals surface area contributed by atoms with Gasteiger partial charge in [-0.2, -0.15) is 0 Å². The minimum absolute atomic E-state index is 0.118. The summed E-state index contributed by atoms with van der Waals surface area (Å²) >= 11 is 0. The Bertz CT molecular complexity index is 1110. The van der Waals surface area contributed by atoms with Crippen LogP contribution in [-0.2, 0) is 14.3 Å².